The van der Waals surface area contributed by atoms with Crippen LogP contribution in [-0.2, 0) is 17.8 Å². The summed E-state index contributed by atoms with van der Waals surface area (Å²) >= 11 is 6.16. The van der Waals surface area contributed by atoms with Crippen molar-refractivity contribution in [1.82, 2.24) is 10.6 Å². The van der Waals surface area contributed by atoms with Crippen LogP contribution in [0.5, 0.6) is 11.5 Å². The molecule has 0 aromatic heterocycles. The van der Waals surface area contributed by atoms with Gasteiger partial charge in [0.15, 0.2) is 18.1 Å². The van der Waals surface area contributed by atoms with Crippen LogP contribution in [0, 0.1) is 0 Å². The number of nitrogens with one attached hydrogen (secondary N) is 2. The van der Waals surface area contributed by atoms with Gasteiger partial charge in [-0.1, -0.05) is 35.9 Å². The molecule has 2 aromatic carbocycles. The van der Waals surface area contributed by atoms with Gasteiger partial charge in [0.25, 0.3) is 5.91 Å². The molecule has 0 unspecified atom stereocenters. The summed E-state index contributed by atoms with van der Waals surface area (Å²) in [4.78, 5) is 11.5. The van der Waals surface area contributed by atoms with Gasteiger partial charge in [0.05, 0.1) is 7.11 Å². The number of benzene rings is 2. The number of likely N-dealkylation sites (N-methyl/N-ethyl adjacent to an activating group) is 1. The van der Waals surface area contributed by atoms with Gasteiger partial charge in [-0.25, -0.2) is 0 Å². The number of methoxy groups -OCH3 is 1. The molecule has 0 aliphatic heterocycles. The Kier molecular flexibility index (Phi) is 8.25. The number of carbonyl (C=O) groups is 1. The van der Waals surface area contributed by atoms with Crippen LogP contribution in [0.2, 0.25) is 5.02 Å². The molecular formula is C20H25ClN2O3. The van der Waals surface area contributed by atoms with Gasteiger partial charge >= 0.3 is 0 Å². The van der Waals surface area contributed by atoms with Gasteiger partial charge in [0, 0.05) is 18.1 Å². The summed E-state index contributed by atoms with van der Waals surface area (Å²) in [5, 5.41) is 6.88. The van der Waals surface area contributed by atoms with Gasteiger partial charge < -0.3 is 20.1 Å². The highest BCUT2D eigenvalue weighted by molar-refractivity contribution is 6.31. The first-order valence-electron chi connectivity index (χ1n) is 8.64. The summed E-state index contributed by atoms with van der Waals surface area (Å²) in [7, 11) is 1.59. The molecule has 0 heterocycles. The van der Waals surface area contributed by atoms with Gasteiger partial charge in [0.2, 0.25) is 0 Å². The molecule has 0 aliphatic carbocycles. The highest BCUT2D eigenvalue weighted by Gasteiger charge is 2.08. The molecule has 0 saturated carbocycles. The van der Waals surface area contributed by atoms with E-state index in [-0.39, 0.29) is 12.5 Å². The summed E-state index contributed by atoms with van der Waals surface area (Å²) in [6.07, 6.45) is 0.866. The van der Waals surface area contributed by atoms with Crippen LogP contribution < -0.4 is 20.1 Å². The lowest BCUT2D eigenvalue weighted by Crippen LogP contribution is -2.28. The van der Waals surface area contributed by atoms with Crippen LogP contribution in [0.4, 0.5) is 0 Å². The Bertz CT molecular complexity index is 722. The lowest BCUT2D eigenvalue weighted by molar-refractivity contribution is -0.123. The fourth-order valence-electron chi connectivity index (χ4n) is 2.49. The first-order chi connectivity index (χ1) is 12.6. The molecule has 0 spiro atoms. The van der Waals surface area contributed by atoms with Gasteiger partial charge in [0.1, 0.15) is 0 Å². The Hall–Kier alpha value is -2.24. The average Bonchev–Trinajstić information content (AvgIpc) is 2.65. The van der Waals surface area contributed by atoms with E-state index in [2.05, 4.69) is 10.6 Å². The van der Waals surface area contributed by atoms with Crippen molar-refractivity contribution in [2.24, 2.45) is 0 Å². The molecule has 5 nitrogen and oxygen atoms in total. The molecule has 2 aromatic rings. The SMILES string of the molecule is CCNC(=O)COc1ccc(CNCCc2ccccc2Cl)cc1OC. The highest BCUT2D eigenvalue weighted by atomic mass is 35.5. The normalized spacial score (nSPS) is 10.4. The number of halogens is 1. The fraction of sp³-hybridized carbons (Fsp3) is 0.350. The van der Waals surface area contributed by atoms with Crippen LogP contribution in [0.15, 0.2) is 42.5 Å². The van der Waals surface area contributed by atoms with E-state index >= 15 is 0 Å². The number of carbonyl (C=O) groups excluding carboxylic acids is 1. The Morgan fingerprint density at radius 2 is 1.96 bits per heavy atom. The van der Waals surface area contributed by atoms with Gasteiger partial charge in [-0.15, -0.1) is 0 Å². The first-order valence-corrected chi connectivity index (χ1v) is 9.02. The minimum absolute atomic E-state index is 0.0281. The van der Waals surface area contributed by atoms with Crippen molar-refractivity contribution in [3.8, 4) is 11.5 Å². The zero-order chi connectivity index (χ0) is 18.8. The van der Waals surface area contributed by atoms with Gasteiger partial charge in [-0.3, -0.25) is 4.79 Å². The van der Waals surface area contributed by atoms with Crippen molar-refractivity contribution in [2.45, 2.75) is 19.9 Å². The molecule has 1 amide bonds. The topological polar surface area (TPSA) is 59.6 Å². The zero-order valence-electron chi connectivity index (χ0n) is 15.2. The number of ether oxygens (including phenoxy) is 2. The van der Waals surface area contributed by atoms with E-state index in [4.69, 9.17) is 21.1 Å². The van der Waals surface area contributed by atoms with Crippen molar-refractivity contribution < 1.29 is 14.3 Å². The van der Waals surface area contributed by atoms with Gasteiger partial charge in [-0.2, -0.15) is 0 Å². The molecule has 0 aliphatic rings. The third-order valence-corrected chi connectivity index (χ3v) is 4.19. The lowest BCUT2D eigenvalue weighted by Gasteiger charge is -2.12. The predicted molar refractivity (Wildman–Crippen MR) is 104 cm³/mol. The maximum Gasteiger partial charge on any atom is 0.257 e. The second-order valence-corrected chi connectivity index (χ2v) is 6.15. The van der Waals surface area contributed by atoms with Crippen molar-refractivity contribution in [1.29, 1.82) is 0 Å². The monoisotopic (exact) mass is 376 g/mol. The second kappa shape index (κ2) is 10.7. The van der Waals surface area contributed by atoms with Crippen molar-refractivity contribution in [3.05, 3.63) is 58.6 Å². The largest absolute Gasteiger partial charge is 0.493 e. The van der Waals surface area contributed by atoms with Crippen LogP contribution in [0.3, 0.4) is 0 Å². The fourth-order valence-corrected chi connectivity index (χ4v) is 2.72. The molecule has 0 radical (unpaired) electrons. The molecule has 0 saturated heterocycles. The first kappa shape index (κ1) is 20.1. The zero-order valence-corrected chi connectivity index (χ0v) is 15.9. The minimum atomic E-state index is -0.153. The molecule has 0 atom stereocenters. The Balaban J connectivity index is 1.84. The van der Waals surface area contributed by atoms with E-state index < -0.39 is 0 Å². The summed E-state index contributed by atoms with van der Waals surface area (Å²) < 4.78 is 10.9. The smallest absolute Gasteiger partial charge is 0.257 e. The Labute approximate surface area is 159 Å². The molecule has 140 valence electrons. The van der Waals surface area contributed by atoms with Crippen molar-refractivity contribution in [2.75, 3.05) is 26.8 Å². The number of rotatable bonds is 10. The maximum absolute atomic E-state index is 11.5. The molecule has 0 fully saturated rings. The summed E-state index contributed by atoms with van der Waals surface area (Å²) in [5.74, 6) is 1.01. The van der Waals surface area contributed by atoms with E-state index in [1.807, 2.05) is 49.4 Å². The van der Waals surface area contributed by atoms with Crippen LogP contribution in [-0.4, -0.2) is 32.7 Å². The highest BCUT2D eigenvalue weighted by Crippen LogP contribution is 2.28. The predicted octanol–water partition coefficient (Wildman–Crippen LogP) is 3.20. The minimum Gasteiger partial charge on any atom is -0.493 e. The maximum atomic E-state index is 11.5. The van der Waals surface area contributed by atoms with E-state index in [0.717, 1.165) is 29.1 Å². The number of hydrogen-bond acceptors (Lipinski definition) is 4. The molecule has 26 heavy (non-hydrogen) atoms. The molecule has 0 bridgehead atoms. The van der Waals surface area contributed by atoms with E-state index in [1.54, 1.807) is 7.11 Å². The van der Waals surface area contributed by atoms with E-state index in [1.165, 1.54) is 0 Å². The average molecular weight is 377 g/mol. The molecule has 2 rings (SSSR count). The van der Waals surface area contributed by atoms with Crippen LogP contribution in [0.1, 0.15) is 18.1 Å². The van der Waals surface area contributed by atoms with Gasteiger partial charge in [-0.05, 0) is 49.2 Å². The Morgan fingerprint density at radius 1 is 1.15 bits per heavy atom. The molecule has 2 N–H and O–H groups in total. The standard InChI is InChI=1S/C20H25ClN2O3/c1-3-23-20(24)14-26-18-9-8-15(12-19(18)25-2)13-22-11-10-16-6-4-5-7-17(16)21/h4-9,12,22H,3,10-11,13-14H2,1-2H3,(H,23,24). The molecular weight excluding hydrogens is 352 g/mol. The lowest BCUT2D eigenvalue weighted by atomic mass is 10.1. The quantitative estimate of drug-likeness (QED) is 0.625. The van der Waals surface area contributed by atoms with Crippen LogP contribution in [0.25, 0.3) is 0 Å². The number of hydrogen-bond donors (Lipinski definition) is 2. The van der Waals surface area contributed by atoms with Crippen molar-refractivity contribution in [3.63, 3.8) is 0 Å². The van der Waals surface area contributed by atoms with E-state index in [9.17, 15) is 4.79 Å². The number of amides is 1. The summed E-state index contributed by atoms with van der Waals surface area (Å²) in [5.41, 5.74) is 2.21. The molecule has 6 heteroatoms. The third kappa shape index (κ3) is 6.24. The Morgan fingerprint density at radius 3 is 2.69 bits per heavy atom. The second-order valence-electron chi connectivity index (χ2n) is 5.75. The van der Waals surface area contributed by atoms with E-state index in [0.29, 0.717) is 24.6 Å². The summed E-state index contributed by atoms with van der Waals surface area (Å²) in [6, 6.07) is 13.6. The third-order valence-electron chi connectivity index (χ3n) is 3.82. The summed E-state index contributed by atoms with van der Waals surface area (Å²) in [6.45, 7) is 3.95. The van der Waals surface area contributed by atoms with Crippen LogP contribution >= 0.6 is 11.6 Å². The van der Waals surface area contributed by atoms with Crippen molar-refractivity contribution >= 4 is 17.5 Å².